The summed E-state index contributed by atoms with van der Waals surface area (Å²) in [5.74, 6) is -0.244. The van der Waals surface area contributed by atoms with Crippen molar-refractivity contribution in [2.24, 2.45) is 0 Å². The van der Waals surface area contributed by atoms with Gasteiger partial charge in [-0.05, 0) is 55.3 Å². The molecule has 0 saturated heterocycles. The highest BCUT2D eigenvalue weighted by atomic mass is 35.5. The molecule has 3 rings (SSSR count). The summed E-state index contributed by atoms with van der Waals surface area (Å²) in [5, 5.41) is 3.53. The van der Waals surface area contributed by atoms with E-state index in [1.165, 1.54) is 16.7 Å². The van der Waals surface area contributed by atoms with Crippen molar-refractivity contribution < 1.29 is 4.79 Å². The Hall–Kier alpha value is -2.99. The van der Waals surface area contributed by atoms with Crippen LogP contribution in [0, 0.1) is 6.92 Å². The number of benzene rings is 1. The van der Waals surface area contributed by atoms with Gasteiger partial charge in [-0.1, -0.05) is 12.1 Å². The van der Waals surface area contributed by atoms with Crippen LogP contribution in [0.1, 0.15) is 12.5 Å². The van der Waals surface area contributed by atoms with Crippen LogP contribution >= 0.6 is 11.6 Å². The SMILES string of the molecule is CC=CC(=O)Nc1cccc(-n2c(=O)cc(C)c3cnc(Cl)nc32)c1. The monoisotopic (exact) mass is 354 g/mol. The van der Waals surface area contributed by atoms with Crippen LogP contribution in [-0.4, -0.2) is 20.4 Å². The number of amides is 1. The normalized spacial score (nSPS) is 11.2. The molecule has 0 aliphatic carbocycles. The van der Waals surface area contributed by atoms with Crippen molar-refractivity contribution >= 4 is 34.2 Å². The third-order valence-corrected chi connectivity index (χ3v) is 3.81. The Bertz CT molecular complexity index is 1060. The Kier molecular flexibility index (Phi) is 4.63. The molecule has 0 aliphatic heterocycles. The minimum absolute atomic E-state index is 0.0591. The van der Waals surface area contributed by atoms with Crippen molar-refractivity contribution in [2.75, 3.05) is 5.32 Å². The largest absolute Gasteiger partial charge is 0.322 e. The van der Waals surface area contributed by atoms with E-state index in [-0.39, 0.29) is 16.8 Å². The number of rotatable bonds is 3. The molecule has 126 valence electrons. The molecule has 1 aromatic carbocycles. The lowest BCUT2D eigenvalue weighted by molar-refractivity contribution is -0.111. The first-order valence-corrected chi connectivity index (χ1v) is 7.96. The van der Waals surface area contributed by atoms with Crippen LogP contribution in [0.15, 0.2) is 53.5 Å². The fourth-order valence-corrected chi connectivity index (χ4v) is 2.67. The van der Waals surface area contributed by atoms with Gasteiger partial charge in [0.05, 0.1) is 5.69 Å². The van der Waals surface area contributed by atoms with Crippen LogP contribution in [0.2, 0.25) is 5.28 Å². The van der Waals surface area contributed by atoms with E-state index in [9.17, 15) is 9.59 Å². The Morgan fingerprint density at radius 3 is 2.88 bits per heavy atom. The Morgan fingerprint density at radius 1 is 1.32 bits per heavy atom. The summed E-state index contributed by atoms with van der Waals surface area (Å²) in [6, 6.07) is 8.48. The van der Waals surface area contributed by atoms with Crippen molar-refractivity contribution in [3.8, 4) is 5.69 Å². The second-order valence-electron chi connectivity index (χ2n) is 5.42. The molecule has 6 nitrogen and oxygen atoms in total. The van der Waals surface area contributed by atoms with Gasteiger partial charge in [0.1, 0.15) is 0 Å². The molecule has 7 heteroatoms. The number of fused-ring (bicyclic) bond motifs is 1. The van der Waals surface area contributed by atoms with E-state index in [2.05, 4.69) is 15.3 Å². The molecule has 0 unspecified atom stereocenters. The lowest BCUT2D eigenvalue weighted by atomic mass is 10.2. The maximum atomic E-state index is 12.6. The number of carbonyl (C=O) groups excluding carboxylic acids is 1. The summed E-state index contributed by atoms with van der Waals surface area (Å²) in [6.07, 6.45) is 4.66. The van der Waals surface area contributed by atoms with Gasteiger partial charge in [0, 0.05) is 23.3 Å². The maximum absolute atomic E-state index is 12.6. The molecule has 25 heavy (non-hydrogen) atoms. The van der Waals surface area contributed by atoms with Crippen molar-refractivity contribution in [1.29, 1.82) is 0 Å². The van der Waals surface area contributed by atoms with Gasteiger partial charge < -0.3 is 5.32 Å². The fraction of sp³-hybridized carbons (Fsp3) is 0.111. The van der Waals surface area contributed by atoms with Crippen LogP contribution < -0.4 is 10.9 Å². The Balaban J connectivity index is 2.18. The smallest absolute Gasteiger partial charge is 0.257 e. The number of nitrogens with one attached hydrogen (secondary N) is 1. The maximum Gasteiger partial charge on any atom is 0.257 e. The van der Waals surface area contributed by atoms with E-state index < -0.39 is 0 Å². The van der Waals surface area contributed by atoms with Gasteiger partial charge >= 0.3 is 0 Å². The quantitative estimate of drug-likeness (QED) is 0.578. The van der Waals surface area contributed by atoms with Crippen molar-refractivity contribution in [1.82, 2.24) is 14.5 Å². The average molecular weight is 355 g/mol. The minimum atomic E-state index is -0.244. The molecular formula is C18H15ClN4O2. The summed E-state index contributed by atoms with van der Waals surface area (Å²) >= 11 is 5.92. The first-order chi connectivity index (χ1) is 12.0. The zero-order chi connectivity index (χ0) is 18.0. The van der Waals surface area contributed by atoms with Crippen LogP contribution in [-0.2, 0) is 4.79 Å². The highest BCUT2D eigenvalue weighted by Gasteiger charge is 2.11. The zero-order valence-corrected chi connectivity index (χ0v) is 14.4. The van der Waals surface area contributed by atoms with Gasteiger partial charge in [0.2, 0.25) is 11.2 Å². The summed E-state index contributed by atoms with van der Waals surface area (Å²) < 4.78 is 1.45. The van der Waals surface area contributed by atoms with E-state index >= 15 is 0 Å². The standard InChI is InChI=1S/C18H15ClN4O2/c1-3-5-15(24)21-12-6-4-7-13(9-12)23-16(25)8-11(2)14-10-20-18(19)22-17(14)23/h3-10H,1-2H3,(H,21,24). The number of carbonyl (C=O) groups is 1. The molecule has 2 aromatic heterocycles. The summed E-state index contributed by atoms with van der Waals surface area (Å²) in [4.78, 5) is 32.5. The first-order valence-electron chi connectivity index (χ1n) is 7.58. The molecule has 0 radical (unpaired) electrons. The molecule has 1 amide bonds. The van der Waals surface area contributed by atoms with Crippen LogP contribution in [0.3, 0.4) is 0 Å². The third-order valence-electron chi connectivity index (χ3n) is 3.63. The molecule has 1 N–H and O–H groups in total. The molecule has 0 fully saturated rings. The number of hydrogen-bond donors (Lipinski definition) is 1. The molecule has 0 bridgehead atoms. The van der Waals surface area contributed by atoms with Crippen molar-refractivity contribution in [2.45, 2.75) is 13.8 Å². The van der Waals surface area contributed by atoms with Gasteiger partial charge in [-0.15, -0.1) is 0 Å². The number of nitrogens with zero attached hydrogens (tertiary/aromatic N) is 3. The van der Waals surface area contributed by atoms with Crippen LogP contribution in [0.4, 0.5) is 5.69 Å². The Morgan fingerprint density at radius 2 is 2.12 bits per heavy atom. The molecule has 0 aliphatic rings. The van der Waals surface area contributed by atoms with Crippen LogP contribution in [0.25, 0.3) is 16.7 Å². The summed E-state index contributed by atoms with van der Waals surface area (Å²) in [7, 11) is 0. The van der Waals surface area contributed by atoms with Crippen molar-refractivity contribution in [3.05, 3.63) is 69.9 Å². The number of anilines is 1. The van der Waals surface area contributed by atoms with Gasteiger partial charge in [-0.3, -0.25) is 14.2 Å². The van der Waals surface area contributed by atoms with E-state index in [0.29, 0.717) is 17.0 Å². The lowest BCUT2D eigenvalue weighted by Crippen LogP contribution is -2.20. The van der Waals surface area contributed by atoms with Gasteiger partial charge in [-0.2, -0.15) is 4.98 Å². The number of aromatic nitrogens is 3. The number of hydrogen-bond acceptors (Lipinski definition) is 4. The van der Waals surface area contributed by atoms with Gasteiger partial charge in [-0.25, -0.2) is 4.98 Å². The van der Waals surface area contributed by atoms with E-state index in [1.54, 1.807) is 43.5 Å². The fourth-order valence-electron chi connectivity index (χ4n) is 2.54. The second kappa shape index (κ2) is 6.86. The summed E-state index contributed by atoms with van der Waals surface area (Å²) in [6.45, 7) is 3.58. The van der Waals surface area contributed by atoms with E-state index in [1.807, 2.05) is 6.92 Å². The summed E-state index contributed by atoms with van der Waals surface area (Å²) in [5.41, 5.74) is 2.09. The van der Waals surface area contributed by atoms with Gasteiger partial charge in [0.15, 0.2) is 5.65 Å². The number of halogens is 1. The lowest BCUT2D eigenvalue weighted by Gasteiger charge is -2.12. The molecule has 0 spiro atoms. The second-order valence-corrected chi connectivity index (χ2v) is 5.75. The highest BCUT2D eigenvalue weighted by molar-refractivity contribution is 6.28. The topological polar surface area (TPSA) is 76.9 Å². The first kappa shape index (κ1) is 16.9. The molecule has 0 atom stereocenters. The molecule has 2 heterocycles. The van der Waals surface area contributed by atoms with E-state index in [0.717, 1.165) is 10.9 Å². The third kappa shape index (κ3) is 3.44. The molecule has 3 aromatic rings. The molecular weight excluding hydrogens is 340 g/mol. The van der Waals surface area contributed by atoms with E-state index in [4.69, 9.17) is 11.6 Å². The predicted octanol–water partition coefficient (Wildman–Crippen LogP) is 3.26. The Labute approximate surface area is 148 Å². The predicted molar refractivity (Wildman–Crippen MR) is 98.3 cm³/mol. The number of pyridine rings is 1. The minimum Gasteiger partial charge on any atom is -0.322 e. The zero-order valence-electron chi connectivity index (χ0n) is 13.7. The van der Waals surface area contributed by atoms with Crippen molar-refractivity contribution in [3.63, 3.8) is 0 Å². The number of aryl methyl sites for hydroxylation is 1. The highest BCUT2D eigenvalue weighted by Crippen LogP contribution is 2.20. The molecule has 0 saturated carbocycles. The van der Waals surface area contributed by atoms with Crippen LogP contribution in [0.5, 0.6) is 0 Å². The number of allylic oxidation sites excluding steroid dienone is 1. The average Bonchev–Trinajstić information content (AvgIpc) is 2.55. The van der Waals surface area contributed by atoms with Gasteiger partial charge in [0.25, 0.3) is 5.56 Å².